The number of rotatable bonds is 5. The Morgan fingerprint density at radius 2 is 2.27 bits per heavy atom. The Morgan fingerprint density at radius 3 is 3.14 bits per heavy atom. The van der Waals surface area contributed by atoms with Gasteiger partial charge in [0.25, 0.3) is 0 Å². The van der Waals surface area contributed by atoms with E-state index in [1.165, 1.54) is 12.0 Å². The molecular formula is C17H21N3O2. The van der Waals surface area contributed by atoms with Crippen molar-refractivity contribution in [3.63, 3.8) is 0 Å². The first-order valence-electron chi connectivity index (χ1n) is 7.83. The number of aromatic nitrogens is 2. The molecule has 0 spiro atoms. The zero-order valence-electron chi connectivity index (χ0n) is 12.8. The molecule has 3 heterocycles. The maximum absolute atomic E-state index is 11.6. The van der Waals surface area contributed by atoms with Gasteiger partial charge in [-0.25, -0.2) is 9.78 Å². The van der Waals surface area contributed by atoms with E-state index in [4.69, 9.17) is 4.74 Å². The highest BCUT2D eigenvalue weighted by Crippen LogP contribution is 2.20. The molecule has 0 fully saturated rings. The highest BCUT2D eigenvalue weighted by molar-refractivity contribution is 5.87. The van der Waals surface area contributed by atoms with E-state index in [9.17, 15) is 4.79 Å². The lowest BCUT2D eigenvalue weighted by Crippen LogP contribution is -2.14. The summed E-state index contributed by atoms with van der Waals surface area (Å²) in [6.07, 6.45) is 5.85. The van der Waals surface area contributed by atoms with Gasteiger partial charge in [-0.15, -0.1) is 0 Å². The molecule has 2 N–H and O–H groups in total. The lowest BCUT2D eigenvalue weighted by molar-refractivity contribution is 0.0520. The van der Waals surface area contributed by atoms with Crippen molar-refractivity contribution >= 4 is 11.8 Å². The normalized spacial score (nSPS) is 13.3. The number of aryl methyl sites for hydroxylation is 3. The fraction of sp³-hybridized carbons (Fsp3) is 0.412. The average molecular weight is 299 g/mol. The summed E-state index contributed by atoms with van der Waals surface area (Å²) in [4.78, 5) is 19.3. The van der Waals surface area contributed by atoms with Crippen LogP contribution in [-0.4, -0.2) is 29.1 Å². The summed E-state index contributed by atoms with van der Waals surface area (Å²) in [5.74, 6) is 0.731. The minimum Gasteiger partial charge on any atom is -0.461 e. The highest BCUT2D eigenvalue weighted by atomic mass is 16.5. The van der Waals surface area contributed by atoms with E-state index in [0.29, 0.717) is 12.3 Å². The van der Waals surface area contributed by atoms with Crippen LogP contribution >= 0.6 is 0 Å². The molecule has 0 bridgehead atoms. The topological polar surface area (TPSA) is 67.0 Å². The van der Waals surface area contributed by atoms with Crippen LogP contribution in [0.1, 0.15) is 40.7 Å². The number of hydrogen-bond acceptors (Lipinski definition) is 4. The predicted molar refractivity (Wildman–Crippen MR) is 85.2 cm³/mol. The van der Waals surface area contributed by atoms with Crippen molar-refractivity contribution in [3.8, 4) is 0 Å². The second-order valence-electron chi connectivity index (χ2n) is 5.48. The predicted octanol–water partition coefficient (Wildman–Crippen LogP) is 2.73. The first kappa shape index (κ1) is 14.6. The van der Waals surface area contributed by atoms with E-state index in [-0.39, 0.29) is 5.97 Å². The van der Waals surface area contributed by atoms with E-state index >= 15 is 0 Å². The van der Waals surface area contributed by atoms with Crippen LogP contribution in [0.4, 0.5) is 5.82 Å². The number of anilines is 1. The fourth-order valence-electron chi connectivity index (χ4n) is 2.69. The van der Waals surface area contributed by atoms with Gasteiger partial charge in [-0.2, -0.15) is 0 Å². The first-order valence-corrected chi connectivity index (χ1v) is 7.83. The number of carbonyl (C=O) groups excluding carboxylic acids is 1. The fourth-order valence-corrected chi connectivity index (χ4v) is 2.69. The molecule has 0 saturated carbocycles. The van der Waals surface area contributed by atoms with Crippen molar-refractivity contribution in [2.24, 2.45) is 0 Å². The second-order valence-corrected chi connectivity index (χ2v) is 5.48. The highest BCUT2D eigenvalue weighted by Gasteiger charge is 2.12. The molecule has 1 aliphatic heterocycles. The molecule has 2 aromatic rings. The minimum atomic E-state index is -0.301. The van der Waals surface area contributed by atoms with Gasteiger partial charge in [0, 0.05) is 18.4 Å². The van der Waals surface area contributed by atoms with Gasteiger partial charge in [-0.05, 0) is 55.9 Å². The summed E-state index contributed by atoms with van der Waals surface area (Å²) in [5.41, 5.74) is 3.99. The number of fused-ring (bicyclic) bond motifs is 1. The Labute approximate surface area is 130 Å². The SMILES string of the molecule is CCOC(=O)c1cc(CCc2ccc3c(n2)NCCC3)c[nH]1. The molecule has 0 amide bonds. The Hall–Kier alpha value is -2.30. The van der Waals surface area contributed by atoms with Crippen molar-refractivity contribution in [1.82, 2.24) is 9.97 Å². The van der Waals surface area contributed by atoms with Gasteiger partial charge in [0.15, 0.2) is 0 Å². The van der Waals surface area contributed by atoms with E-state index in [1.807, 2.05) is 12.3 Å². The van der Waals surface area contributed by atoms with Gasteiger partial charge in [0.1, 0.15) is 11.5 Å². The maximum atomic E-state index is 11.6. The van der Waals surface area contributed by atoms with Crippen molar-refractivity contribution in [2.45, 2.75) is 32.6 Å². The van der Waals surface area contributed by atoms with Gasteiger partial charge in [0.05, 0.1) is 6.61 Å². The van der Waals surface area contributed by atoms with Crippen molar-refractivity contribution in [2.75, 3.05) is 18.5 Å². The Morgan fingerprint density at radius 1 is 1.36 bits per heavy atom. The van der Waals surface area contributed by atoms with E-state index in [1.54, 1.807) is 6.92 Å². The Bertz CT molecular complexity index is 664. The van der Waals surface area contributed by atoms with Gasteiger partial charge in [-0.3, -0.25) is 0 Å². The molecule has 0 aliphatic carbocycles. The van der Waals surface area contributed by atoms with Crippen LogP contribution in [0.15, 0.2) is 24.4 Å². The minimum absolute atomic E-state index is 0.301. The summed E-state index contributed by atoms with van der Waals surface area (Å²) in [6, 6.07) is 6.13. The van der Waals surface area contributed by atoms with Crippen LogP contribution in [0.3, 0.4) is 0 Å². The van der Waals surface area contributed by atoms with Crippen LogP contribution in [0.2, 0.25) is 0 Å². The number of esters is 1. The summed E-state index contributed by atoms with van der Waals surface area (Å²) >= 11 is 0. The lowest BCUT2D eigenvalue weighted by atomic mass is 10.1. The number of hydrogen-bond donors (Lipinski definition) is 2. The van der Waals surface area contributed by atoms with Crippen molar-refractivity contribution in [1.29, 1.82) is 0 Å². The number of nitrogens with one attached hydrogen (secondary N) is 2. The molecule has 5 heteroatoms. The molecule has 22 heavy (non-hydrogen) atoms. The molecule has 2 aromatic heterocycles. The second kappa shape index (κ2) is 6.64. The zero-order chi connectivity index (χ0) is 15.4. The molecule has 0 atom stereocenters. The lowest BCUT2D eigenvalue weighted by Gasteiger charge is -2.17. The van der Waals surface area contributed by atoms with E-state index in [0.717, 1.165) is 42.9 Å². The maximum Gasteiger partial charge on any atom is 0.354 e. The third-order valence-corrected chi connectivity index (χ3v) is 3.86. The molecule has 0 radical (unpaired) electrons. The average Bonchev–Trinajstić information content (AvgIpc) is 3.02. The number of carbonyl (C=O) groups is 1. The Kier molecular flexibility index (Phi) is 4.42. The summed E-state index contributed by atoms with van der Waals surface area (Å²) in [6.45, 7) is 3.20. The van der Waals surface area contributed by atoms with E-state index < -0.39 is 0 Å². The standard InChI is InChI=1S/C17H21N3O2/c1-2-22-17(21)15-10-12(11-19-15)5-7-14-8-6-13-4-3-9-18-16(13)20-14/h6,8,10-11,19H,2-5,7,9H2,1H3,(H,18,20). The van der Waals surface area contributed by atoms with Crippen LogP contribution < -0.4 is 5.32 Å². The number of aromatic amines is 1. The van der Waals surface area contributed by atoms with Crippen molar-refractivity contribution < 1.29 is 9.53 Å². The number of H-pyrrole nitrogens is 1. The molecule has 3 rings (SSSR count). The monoisotopic (exact) mass is 299 g/mol. The third-order valence-electron chi connectivity index (χ3n) is 3.86. The molecule has 5 nitrogen and oxygen atoms in total. The molecule has 0 unspecified atom stereocenters. The van der Waals surface area contributed by atoms with Gasteiger partial charge < -0.3 is 15.0 Å². The Balaban J connectivity index is 1.62. The largest absolute Gasteiger partial charge is 0.461 e. The summed E-state index contributed by atoms with van der Waals surface area (Å²) in [7, 11) is 0. The third kappa shape index (κ3) is 3.30. The molecule has 1 aliphatic rings. The van der Waals surface area contributed by atoms with Gasteiger partial charge in [-0.1, -0.05) is 6.07 Å². The van der Waals surface area contributed by atoms with E-state index in [2.05, 4.69) is 27.4 Å². The quantitative estimate of drug-likeness (QED) is 0.833. The first-order chi connectivity index (χ1) is 10.8. The molecular weight excluding hydrogens is 278 g/mol. The molecule has 0 aromatic carbocycles. The summed E-state index contributed by atoms with van der Waals surface area (Å²) < 4.78 is 4.98. The number of nitrogens with zero attached hydrogens (tertiary/aromatic N) is 1. The van der Waals surface area contributed by atoms with Crippen LogP contribution in [0.5, 0.6) is 0 Å². The van der Waals surface area contributed by atoms with Gasteiger partial charge in [0.2, 0.25) is 0 Å². The van der Waals surface area contributed by atoms with Crippen LogP contribution in [0.25, 0.3) is 0 Å². The van der Waals surface area contributed by atoms with Crippen molar-refractivity contribution in [3.05, 3.63) is 46.9 Å². The zero-order valence-corrected chi connectivity index (χ0v) is 12.8. The van der Waals surface area contributed by atoms with Gasteiger partial charge >= 0.3 is 5.97 Å². The number of pyridine rings is 1. The van der Waals surface area contributed by atoms with Crippen LogP contribution in [0, 0.1) is 0 Å². The number of ether oxygens (including phenoxy) is 1. The smallest absolute Gasteiger partial charge is 0.354 e. The molecule has 116 valence electrons. The van der Waals surface area contributed by atoms with Crippen LogP contribution in [-0.2, 0) is 24.0 Å². The molecule has 0 saturated heterocycles. The summed E-state index contributed by atoms with van der Waals surface area (Å²) in [5, 5.41) is 3.36.